The third-order valence-corrected chi connectivity index (χ3v) is 4.19. The number of benzene rings is 2. The first-order chi connectivity index (χ1) is 12.5. The van der Waals surface area contributed by atoms with Gasteiger partial charge in [0.25, 0.3) is 0 Å². The molecule has 0 aliphatic carbocycles. The number of nitrogens with one attached hydrogen (secondary N) is 1. The lowest BCUT2D eigenvalue weighted by molar-refractivity contribution is -0.132. The van der Waals surface area contributed by atoms with Crippen LogP contribution in [0.1, 0.15) is 18.9 Å². The van der Waals surface area contributed by atoms with E-state index >= 15 is 0 Å². The predicted octanol–water partition coefficient (Wildman–Crippen LogP) is 3.77. The number of hydrogen-bond donors (Lipinski definition) is 1. The van der Waals surface area contributed by atoms with Gasteiger partial charge in [0, 0.05) is 18.5 Å². The lowest BCUT2D eigenvalue weighted by Gasteiger charge is -2.21. The Bertz CT molecular complexity index is 750. The fourth-order valence-corrected chi connectivity index (χ4v) is 2.78. The van der Waals surface area contributed by atoms with Gasteiger partial charge in [0.2, 0.25) is 11.8 Å². The molecule has 0 atom stereocenters. The number of carbonyl (C=O) groups excluding carboxylic acids is 2. The molecule has 0 fully saturated rings. The number of hydrogen-bond acceptors (Lipinski definition) is 3. The third kappa shape index (κ3) is 6.08. The molecule has 6 heteroatoms. The van der Waals surface area contributed by atoms with Gasteiger partial charge in [-0.3, -0.25) is 9.59 Å². The van der Waals surface area contributed by atoms with Gasteiger partial charge in [0.1, 0.15) is 5.75 Å². The molecule has 26 heavy (non-hydrogen) atoms. The van der Waals surface area contributed by atoms with Crippen molar-refractivity contribution in [2.45, 2.75) is 19.8 Å². The van der Waals surface area contributed by atoms with E-state index in [0.717, 1.165) is 12.8 Å². The maximum atomic E-state index is 12.3. The van der Waals surface area contributed by atoms with Crippen LogP contribution in [0, 0.1) is 0 Å². The standard InChI is InChI=1S/C20H23ClN2O3/c1-15(24)23(12-6-9-16-7-4-3-5-8-16)14-20(25)22-18-13-17(21)10-11-19(18)26-2/h3-5,7-8,10-11,13H,6,9,12,14H2,1-2H3,(H,22,25). The smallest absolute Gasteiger partial charge is 0.244 e. The Morgan fingerprint density at radius 3 is 2.54 bits per heavy atom. The van der Waals surface area contributed by atoms with Gasteiger partial charge in [0.15, 0.2) is 0 Å². The first kappa shape index (κ1) is 19.8. The molecule has 1 N–H and O–H groups in total. The van der Waals surface area contributed by atoms with Gasteiger partial charge in [-0.25, -0.2) is 0 Å². The average Bonchev–Trinajstić information content (AvgIpc) is 2.62. The molecule has 2 aromatic carbocycles. The minimum Gasteiger partial charge on any atom is -0.495 e. The predicted molar refractivity (Wildman–Crippen MR) is 104 cm³/mol. The molecular formula is C20H23ClN2O3. The van der Waals surface area contributed by atoms with Crippen molar-refractivity contribution in [1.29, 1.82) is 0 Å². The summed E-state index contributed by atoms with van der Waals surface area (Å²) >= 11 is 5.97. The van der Waals surface area contributed by atoms with Crippen molar-refractivity contribution in [3.63, 3.8) is 0 Å². The van der Waals surface area contributed by atoms with E-state index in [9.17, 15) is 9.59 Å². The van der Waals surface area contributed by atoms with Crippen molar-refractivity contribution in [2.24, 2.45) is 0 Å². The van der Waals surface area contributed by atoms with E-state index in [-0.39, 0.29) is 18.4 Å². The van der Waals surface area contributed by atoms with E-state index in [1.807, 2.05) is 18.2 Å². The summed E-state index contributed by atoms with van der Waals surface area (Å²) < 4.78 is 5.21. The van der Waals surface area contributed by atoms with Gasteiger partial charge in [-0.05, 0) is 36.6 Å². The quantitative estimate of drug-likeness (QED) is 0.765. The summed E-state index contributed by atoms with van der Waals surface area (Å²) in [5, 5.41) is 3.25. The van der Waals surface area contributed by atoms with Crippen molar-refractivity contribution in [2.75, 3.05) is 25.5 Å². The summed E-state index contributed by atoms with van der Waals surface area (Å²) in [5.74, 6) is 0.0907. The SMILES string of the molecule is COc1ccc(Cl)cc1NC(=O)CN(CCCc1ccccc1)C(C)=O. The van der Waals surface area contributed by atoms with Crippen LogP contribution in [0.4, 0.5) is 5.69 Å². The number of methoxy groups -OCH3 is 1. The Morgan fingerprint density at radius 2 is 1.88 bits per heavy atom. The molecule has 0 radical (unpaired) electrons. The minimum absolute atomic E-state index is 0.0141. The second kappa shape index (κ2) is 9.82. The summed E-state index contributed by atoms with van der Waals surface area (Å²) in [6.07, 6.45) is 1.64. The van der Waals surface area contributed by atoms with Crippen LogP contribution in [-0.2, 0) is 16.0 Å². The Balaban J connectivity index is 1.91. The molecule has 0 saturated heterocycles. The van der Waals surface area contributed by atoms with Gasteiger partial charge in [-0.1, -0.05) is 41.9 Å². The van der Waals surface area contributed by atoms with Crippen molar-refractivity contribution >= 4 is 29.1 Å². The molecule has 0 aromatic heterocycles. The van der Waals surface area contributed by atoms with Crippen molar-refractivity contribution < 1.29 is 14.3 Å². The summed E-state index contributed by atoms with van der Waals surface area (Å²) in [7, 11) is 1.52. The Kier molecular flexibility index (Phi) is 7.48. The molecule has 138 valence electrons. The normalized spacial score (nSPS) is 10.3. The van der Waals surface area contributed by atoms with Crippen LogP contribution in [0.15, 0.2) is 48.5 Å². The minimum atomic E-state index is -0.291. The number of anilines is 1. The molecule has 0 aliphatic heterocycles. The maximum Gasteiger partial charge on any atom is 0.244 e. The number of ether oxygens (including phenoxy) is 1. The van der Waals surface area contributed by atoms with Crippen molar-refractivity contribution in [3.8, 4) is 5.75 Å². The first-order valence-electron chi connectivity index (χ1n) is 8.42. The van der Waals surface area contributed by atoms with E-state index in [1.54, 1.807) is 18.2 Å². The lowest BCUT2D eigenvalue weighted by Crippen LogP contribution is -2.37. The number of aryl methyl sites for hydroxylation is 1. The molecule has 0 bridgehead atoms. The number of halogens is 1. The monoisotopic (exact) mass is 374 g/mol. The van der Waals surface area contributed by atoms with Crippen molar-refractivity contribution in [1.82, 2.24) is 4.90 Å². The van der Waals surface area contributed by atoms with Crippen LogP contribution in [-0.4, -0.2) is 36.9 Å². The summed E-state index contributed by atoms with van der Waals surface area (Å²) in [6.45, 7) is 1.97. The van der Waals surface area contributed by atoms with E-state index in [0.29, 0.717) is 23.0 Å². The molecule has 0 spiro atoms. The zero-order chi connectivity index (χ0) is 18.9. The highest BCUT2D eigenvalue weighted by atomic mass is 35.5. The van der Waals surface area contributed by atoms with Gasteiger partial charge in [0.05, 0.1) is 19.3 Å². The van der Waals surface area contributed by atoms with Crippen LogP contribution < -0.4 is 10.1 Å². The zero-order valence-corrected chi connectivity index (χ0v) is 15.8. The fourth-order valence-electron chi connectivity index (χ4n) is 2.61. The van der Waals surface area contributed by atoms with Crippen LogP contribution in [0.2, 0.25) is 5.02 Å². The second-order valence-corrected chi connectivity index (χ2v) is 6.36. The molecule has 2 rings (SSSR count). The van der Waals surface area contributed by atoms with Crippen LogP contribution in [0.25, 0.3) is 0 Å². The summed E-state index contributed by atoms with van der Waals surface area (Å²) in [4.78, 5) is 25.7. The van der Waals surface area contributed by atoms with E-state index in [4.69, 9.17) is 16.3 Å². The largest absolute Gasteiger partial charge is 0.495 e. The summed E-state index contributed by atoms with van der Waals surface area (Å²) in [5.41, 5.74) is 1.70. The topological polar surface area (TPSA) is 58.6 Å². The Labute approximate surface area is 158 Å². The molecule has 5 nitrogen and oxygen atoms in total. The molecule has 0 unspecified atom stereocenters. The van der Waals surface area contributed by atoms with Crippen LogP contribution in [0.3, 0.4) is 0 Å². The number of rotatable bonds is 8. The second-order valence-electron chi connectivity index (χ2n) is 5.92. The number of nitrogens with zero attached hydrogens (tertiary/aromatic N) is 1. The van der Waals surface area contributed by atoms with Crippen LogP contribution >= 0.6 is 11.6 Å². The van der Waals surface area contributed by atoms with Gasteiger partial charge in [-0.2, -0.15) is 0 Å². The number of carbonyl (C=O) groups is 2. The Morgan fingerprint density at radius 1 is 1.15 bits per heavy atom. The highest BCUT2D eigenvalue weighted by Crippen LogP contribution is 2.27. The van der Waals surface area contributed by atoms with E-state index in [1.165, 1.54) is 24.5 Å². The zero-order valence-electron chi connectivity index (χ0n) is 15.0. The first-order valence-corrected chi connectivity index (χ1v) is 8.80. The number of amides is 2. The summed E-state index contributed by atoms with van der Waals surface area (Å²) in [6, 6.07) is 15.0. The third-order valence-electron chi connectivity index (χ3n) is 3.95. The van der Waals surface area contributed by atoms with Gasteiger partial charge in [-0.15, -0.1) is 0 Å². The molecule has 0 heterocycles. The molecule has 2 amide bonds. The molecule has 0 aliphatic rings. The van der Waals surface area contributed by atoms with Crippen molar-refractivity contribution in [3.05, 3.63) is 59.1 Å². The van der Waals surface area contributed by atoms with E-state index < -0.39 is 0 Å². The van der Waals surface area contributed by atoms with Gasteiger partial charge >= 0.3 is 0 Å². The molecule has 0 saturated carbocycles. The highest BCUT2D eigenvalue weighted by molar-refractivity contribution is 6.31. The molecular weight excluding hydrogens is 352 g/mol. The maximum absolute atomic E-state index is 12.3. The van der Waals surface area contributed by atoms with Crippen LogP contribution in [0.5, 0.6) is 5.75 Å². The highest BCUT2D eigenvalue weighted by Gasteiger charge is 2.15. The van der Waals surface area contributed by atoms with Gasteiger partial charge < -0.3 is 15.0 Å². The lowest BCUT2D eigenvalue weighted by atomic mass is 10.1. The molecule has 2 aromatic rings. The fraction of sp³-hybridized carbons (Fsp3) is 0.300. The van der Waals surface area contributed by atoms with E-state index in [2.05, 4.69) is 17.4 Å². The Hall–Kier alpha value is -2.53. The average molecular weight is 375 g/mol.